The van der Waals surface area contributed by atoms with E-state index in [-0.39, 0.29) is 19.8 Å². The van der Waals surface area contributed by atoms with E-state index >= 15 is 0 Å². The summed E-state index contributed by atoms with van der Waals surface area (Å²) < 4.78 is 2.61. The third-order valence-electron chi connectivity index (χ3n) is 1.61. The van der Waals surface area contributed by atoms with Crippen molar-refractivity contribution in [1.29, 1.82) is 0 Å². The van der Waals surface area contributed by atoms with Crippen molar-refractivity contribution in [1.82, 2.24) is 0 Å². The Bertz CT molecular complexity index is 324. The van der Waals surface area contributed by atoms with Gasteiger partial charge in [0.15, 0.2) is 0 Å². The second kappa shape index (κ2) is 8.01. The standard InChI is InChI=1S/2C6H5.Ni.2H3P/c2*1-2-4-6-5-3-1;;;/h2*1-5H;;2*1H3. The van der Waals surface area contributed by atoms with E-state index in [4.69, 9.17) is 0 Å². The van der Waals surface area contributed by atoms with Gasteiger partial charge >= 0.3 is 84.2 Å². The Morgan fingerprint density at radius 3 is 1.20 bits per heavy atom. The van der Waals surface area contributed by atoms with E-state index in [1.165, 1.54) is 9.07 Å². The predicted octanol–water partition coefficient (Wildman–Crippen LogP) is 1.84. The summed E-state index contributed by atoms with van der Waals surface area (Å²) in [5.41, 5.74) is 0. The van der Waals surface area contributed by atoms with E-state index in [9.17, 15) is 0 Å². The molecule has 0 aromatic heterocycles. The first-order valence-electron chi connectivity index (χ1n) is 4.14. The SMILES string of the molecule is P.P.c1cc[c]([Ni][c]2ccccc2)cc1. The van der Waals surface area contributed by atoms with Crippen molar-refractivity contribution in [2.45, 2.75) is 0 Å². The Balaban J connectivity index is 0.000000980. The average Bonchev–Trinajstić information content (AvgIpc) is 2.21. The summed E-state index contributed by atoms with van der Waals surface area (Å²) in [6, 6.07) is 20.9. The second-order valence-electron chi connectivity index (χ2n) is 2.60. The van der Waals surface area contributed by atoms with Gasteiger partial charge in [-0.2, -0.15) is 19.8 Å². The first-order chi connectivity index (χ1) is 6.45. The van der Waals surface area contributed by atoms with E-state index in [0.717, 1.165) is 0 Å². The van der Waals surface area contributed by atoms with Gasteiger partial charge in [0.2, 0.25) is 0 Å². The molecule has 2 aromatic carbocycles. The number of hydrogen-bond donors (Lipinski definition) is 0. The summed E-state index contributed by atoms with van der Waals surface area (Å²) in [7, 11) is 0. The summed E-state index contributed by atoms with van der Waals surface area (Å²) >= 11 is 1.60. The maximum absolute atomic E-state index is 2.13. The number of benzene rings is 2. The van der Waals surface area contributed by atoms with Crippen molar-refractivity contribution in [2.24, 2.45) is 0 Å². The molecule has 0 amide bonds. The molecule has 2 unspecified atom stereocenters. The molecule has 15 heavy (non-hydrogen) atoms. The van der Waals surface area contributed by atoms with Crippen LogP contribution in [0.4, 0.5) is 0 Å². The minimum absolute atomic E-state index is 0. The molecule has 84 valence electrons. The van der Waals surface area contributed by atoms with E-state index in [2.05, 4.69) is 48.5 Å². The molecule has 0 saturated heterocycles. The quantitative estimate of drug-likeness (QED) is 0.582. The van der Waals surface area contributed by atoms with Gasteiger partial charge in [-0.25, -0.2) is 0 Å². The molecule has 0 aliphatic carbocycles. The Kier molecular flexibility index (Phi) is 7.89. The number of rotatable bonds is 2. The zero-order chi connectivity index (χ0) is 8.93. The second-order valence-corrected chi connectivity index (χ2v) is 3.99. The fourth-order valence-corrected chi connectivity index (χ4v) is 2.05. The Morgan fingerprint density at radius 1 is 0.533 bits per heavy atom. The van der Waals surface area contributed by atoms with Crippen LogP contribution in [0.5, 0.6) is 0 Å². The van der Waals surface area contributed by atoms with Gasteiger partial charge in [0.25, 0.3) is 0 Å². The maximum atomic E-state index is 2.13. The molecular formula is C12H16NiP2. The topological polar surface area (TPSA) is 0 Å². The Hall–Kier alpha value is -0.206. The van der Waals surface area contributed by atoms with Crippen LogP contribution in [0.3, 0.4) is 0 Å². The van der Waals surface area contributed by atoms with Crippen LogP contribution >= 0.6 is 19.8 Å². The molecule has 0 saturated carbocycles. The van der Waals surface area contributed by atoms with E-state index in [0.29, 0.717) is 0 Å². The van der Waals surface area contributed by atoms with Crippen LogP contribution in [-0.2, 0) is 14.4 Å². The molecule has 3 heteroatoms. The first kappa shape index (κ1) is 14.8. The predicted molar refractivity (Wildman–Crippen MR) is 74.4 cm³/mol. The van der Waals surface area contributed by atoms with Crippen molar-refractivity contribution in [2.75, 3.05) is 0 Å². The van der Waals surface area contributed by atoms with Crippen LogP contribution in [0.25, 0.3) is 0 Å². The molecule has 2 aromatic rings. The number of hydrogen-bond acceptors (Lipinski definition) is 0. The van der Waals surface area contributed by atoms with Gasteiger partial charge in [-0.15, -0.1) is 0 Å². The van der Waals surface area contributed by atoms with Gasteiger partial charge in [0.1, 0.15) is 0 Å². The fourth-order valence-electron chi connectivity index (χ4n) is 1.02. The van der Waals surface area contributed by atoms with Crippen LogP contribution in [0.15, 0.2) is 60.7 Å². The normalized spacial score (nSPS) is 8.80. The van der Waals surface area contributed by atoms with Crippen LogP contribution < -0.4 is 9.07 Å². The van der Waals surface area contributed by atoms with Gasteiger partial charge in [-0.3, -0.25) is 0 Å². The summed E-state index contributed by atoms with van der Waals surface area (Å²) in [6.45, 7) is 0. The summed E-state index contributed by atoms with van der Waals surface area (Å²) in [4.78, 5) is 0. The van der Waals surface area contributed by atoms with Crippen LogP contribution in [0.1, 0.15) is 0 Å². The van der Waals surface area contributed by atoms with Gasteiger partial charge in [-0.05, 0) is 0 Å². The van der Waals surface area contributed by atoms with Crippen molar-refractivity contribution in [3.05, 3.63) is 60.7 Å². The van der Waals surface area contributed by atoms with E-state index in [1.54, 1.807) is 14.4 Å². The molecular weight excluding hydrogens is 265 g/mol. The first-order valence-corrected chi connectivity index (χ1v) is 5.13. The molecule has 0 spiro atoms. The molecule has 2 atom stereocenters. The van der Waals surface area contributed by atoms with Crippen LogP contribution in [0.2, 0.25) is 0 Å². The van der Waals surface area contributed by atoms with Gasteiger partial charge in [0.05, 0.1) is 0 Å². The van der Waals surface area contributed by atoms with E-state index < -0.39 is 0 Å². The van der Waals surface area contributed by atoms with Crippen LogP contribution in [-0.4, -0.2) is 0 Å². The molecule has 2 rings (SSSR count). The molecule has 0 fully saturated rings. The zero-order valence-electron chi connectivity index (χ0n) is 8.50. The summed E-state index contributed by atoms with van der Waals surface area (Å²) in [6.07, 6.45) is 0. The Labute approximate surface area is 104 Å². The minimum atomic E-state index is 0. The molecule has 0 aliphatic heterocycles. The molecule has 0 aliphatic rings. The van der Waals surface area contributed by atoms with Crippen molar-refractivity contribution in [3.63, 3.8) is 0 Å². The monoisotopic (exact) mass is 280 g/mol. The van der Waals surface area contributed by atoms with E-state index in [1.807, 2.05) is 12.1 Å². The molecule has 0 heterocycles. The molecule has 0 bridgehead atoms. The third-order valence-corrected chi connectivity index (χ3v) is 2.84. The fraction of sp³-hybridized carbons (Fsp3) is 0. The average molecular weight is 281 g/mol. The van der Waals surface area contributed by atoms with Crippen molar-refractivity contribution >= 4 is 28.9 Å². The van der Waals surface area contributed by atoms with Gasteiger partial charge in [0, 0.05) is 0 Å². The summed E-state index contributed by atoms with van der Waals surface area (Å²) in [5.74, 6) is 0. The van der Waals surface area contributed by atoms with Gasteiger partial charge in [-0.1, -0.05) is 0 Å². The Morgan fingerprint density at radius 2 is 0.867 bits per heavy atom. The van der Waals surface area contributed by atoms with Gasteiger partial charge < -0.3 is 0 Å². The molecule has 0 N–H and O–H groups in total. The third kappa shape index (κ3) is 4.90. The summed E-state index contributed by atoms with van der Waals surface area (Å²) in [5, 5.41) is 0. The van der Waals surface area contributed by atoms with Crippen LogP contribution in [0, 0.1) is 0 Å². The van der Waals surface area contributed by atoms with Crippen molar-refractivity contribution in [3.8, 4) is 0 Å². The van der Waals surface area contributed by atoms with Crippen molar-refractivity contribution < 1.29 is 14.4 Å². The molecule has 0 nitrogen and oxygen atoms in total. The zero-order valence-corrected chi connectivity index (χ0v) is 12.3. The molecule has 0 radical (unpaired) electrons.